The van der Waals surface area contributed by atoms with Gasteiger partial charge in [0.2, 0.25) is 5.91 Å². The first-order valence-electron chi connectivity index (χ1n) is 7.69. The molecule has 5 heteroatoms. The standard InChI is InChI=1S/C16H22ClN3O/c1-2-19-5-7-20(8-6-19)16(21)15-11-18-10-12-9-13(17)3-4-14(12)15/h3-4,9,15,18H,2,5-8,10-11H2,1H3. The molecule has 1 unspecified atom stereocenters. The number of carbonyl (C=O) groups is 1. The van der Waals surface area contributed by atoms with Crippen LogP contribution in [0.1, 0.15) is 24.0 Å². The molecule has 1 aromatic rings. The summed E-state index contributed by atoms with van der Waals surface area (Å²) < 4.78 is 0. The third kappa shape index (κ3) is 3.07. The van der Waals surface area contributed by atoms with Crippen molar-refractivity contribution in [2.45, 2.75) is 19.4 Å². The van der Waals surface area contributed by atoms with Gasteiger partial charge in [-0.15, -0.1) is 0 Å². The van der Waals surface area contributed by atoms with E-state index in [-0.39, 0.29) is 11.8 Å². The fourth-order valence-electron chi connectivity index (χ4n) is 3.25. The number of nitrogens with one attached hydrogen (secondary N) is 1. The quantitative estimate of drug-likeness (QED) is 0.903. The number of likely N-dealkylation sites (N-methyl/N-ethyl adjacent to an activating group) is 1. The van der Waals surface area contributed by atoms with Gasteiger partial charge in [-0.3, -0.25) is 4.79 Å². The lowest BCUT2D eigenvalue weighted by molar-refractivity contribution is -0.134. The number of benzene rings is 1. The first-order chi connectivity index (χ1) is 10.2. The molecule has 2 aliphatic rings. The van der Waals surface area contributed by atoms with Crippen LogP contribution >= 0.6 is 11.6 Å². The Morgan fingerprint density at radius 1 is 1.33 bits per heavy atom. The van der Waals surface area contributed by atoms with Crippen LogP contribution in [0.2, 0.25) is 5.02 Å². The Bertz CT molecular complexity index is 526. The summed E-state index contributed by atoms with van der Waals surface area (Å²) in [5, 5.41) is 4.08. The van der Waals surface area contributed by atoms with E-state index in [1.165, 1.54) is 0 Å². The van der Waals surface area contributed by atoms with Crippen LogP contribution in [0.5, 0.6) is 0 Å². The predicted octanol–water partition coefficient (Wildman–Crippen LogP) is 1.69. The normalized spacial score (nSPS) is 23.0. The van der Waals surface area contributed by atoms with Gasteiger partial charge in [-0.25, -0.2) is 0 Å². The van der Waals surface area contributed by atoms with Gasteiger partial charge in [-0.2, -0.15) is 0 Å². The summed E-state index contributed by atoms with van der Waals surface area (Å²) in [4.78, 5) is 17.2. The topological polar surface area (TPSA) is 35.6 Å². The number of carbonyl (C=O) groups excluding carboxylic acids is 1. The van der Waals surface area contributed by atoms with E-state index in [4.69, 9.17) is 11.6 Å². The molecular formula is C16H22ClN3O. The zero-order chi connectivity index (χ0) is 14.8. The van der Waals surface area contributed by atoms with Crippen LogP contribution in [0.3, 0.4) is 0 Å². The average Bonchev–Trinajstić information content (AvgIpc) is 2.53. The molecule has 1 amide bonds. The van der Waals surface area contributed by atoms with E-state index in [1.54, 1.807) is 0 Å². The molecule has 0 aromatic heterocycles. The average molecular weight is 308 g/mol. The third-order valence-electron chi connectivity index (χ3n) is 4.57. The van der Waals surface area contributed by atoms with Gasteiger partial charge < -0.3 is 15.1 Å². The molecule has 0 radical (unpaired) electrons. The highest BCUT2D eigenvalue weighted by Crippen LogP contribution is 2.28. The second kappa shape index (κ2) is 6.34. The molecule has 4 nitrogen and oxygen atoms in total. The monoisotopic (exact) mass is 307 g/mol. The van der Waals surface area contributed by atoms with E-state index in [2.05, 4.69) is 17.1 Å². The SMILES string of the molecule is CCN1CCN(C(=O)C2CNCc3cc(Cl)ccc32)CC1. The number of nitrogens with zero attached hydrogens (tertiary/aromatic N) is 2. The predicted molar refractivity (Wildman–Crippen MR) is 84.6 cm³/mol. The maximum atomic E-state index is 12.8. The lowest BCUT2D eigenvalue weighted by Gasteiger charge is -2.37. The smallest absolute Gasteiger partial charge is 0.231 e. The largest absolute Gasteiger partial charge is 0.340 e. The lowest BCUT2D eigenvalue weighted by Crippen LogP contribution is -2.51. The van der Waals surface area contributed by atoms with Crippen molar-refractivity contribution in [2.24, 2.45) is 0 Å². The zero-order valence-corrected chi connectivity index (χ0v) is 13.2. The second-order valence-electron chi connectivity index (χ2n) is 5.79. The molecule has 1 aromatic carbocycles. The summed E-state index contributed by atoms with van der Waals surface area (Å²) in [5.41, 5.74) is 2.29. The van der Waals surface area contributed by atoms with Crippen LogP contribution in [0, 0.1) is 0 Å². The van der Waals surface area contributed by atoms with Gasteiger partial charge in [0.15, 0.2) is 0 Å². The van der Waals surface area contributed by atoms with Gasteiger partial charge in [0.1, 0.15) is 0 Å². The molecule has 1 fully saturated rings. The van der Waals surface area contributed by atoms with Crippen LogP contribution in [-0.2, 0) is 11.3 Å². The van der Waals surface area contributed by atoms with Gasteiger partial charge >= 0.3 is 0 Å². The van der Waals surface area contributed by atoms with E-state index in [0.29, 0.717) is 0 Å². The highest BCUT2D eigenvalue weighted by atomic mass is 35.5. The molecular weight excluding hydrogens is 286 g/mol. The summed E-state index contributed by atoms with van der Waals surface area (Å²) in [5.74, 6) is 0.181. The molecule has 1 N–H and O–H groups in total. The van der Waals surface area contributed by atoms with Gasteiger partial charge in [-0.1, -0.05) is 24.6 Å². The van der Waals surface area contributed by atoms with Crippen molar-refractivity contribution >= 4 is 17.5 Å². The van der Waals surface area contributed by atoms with Crippen LogP contribution in [0.4, 0.5) is 0 Å². The summed E-state index contributed by atoms with van der Waals surface area (Å²) in [6.45, 7) is 8.39. The highest BCUT2D eigenvalue weighted by molar-refractivity contribution is 6.30. The minimum Gasteiger partial charge on any atom is -0.340 e. The van der Waals surface area contributed by atoms with Crippen LogP contribution < -0.4 is 5.32 Å². The molecule has 2 aliphatic heterocycles. The van der Waals surface area contributed by atoms with Crippen molar-refractivity contribution in [3.63, 3.8) is 0 Å². The second-order valence-corrected chi connectivity index (χ2v) is 6.22. The maximum Gasteiger partial charge on any atom is 0.231 e. The molecule has 0 aliphatic carbocycles. The Morgan fingerprint density at radius 2 is 2.10 bits per heavy atom. The molecule has 0 bridgehead atoms. The zero-order valence-electron chi connectivity index (χ0n) is 12.4. The minimum absolute atomic E-state index is 0.0702. The minimum atomic E-state index is -0.0702. The Kier molecular flexibility index (Phi) is 4.48. The molecule has 3 rings (SSSR count). The number of piperazine rings is 1. The van der Waals surface area contributed by atoms with Crippen molar-refractivity contribution in [3.05, 3.63) is 34.3 Å². The van der Waals surface area contributed by atoms with Crippen molar-refractivity contribution < 1.29 is 4.79 Å². The molecule has 0 saturated carbocycles. The van der Waals surface area contributed by atoms with E-state index in [1.807, 2.05) is 23.1 Å². The molecule has 1 atom stereocenters. The molecule has 21 heavy (non-hydrogen) atoms. The summed E-state index contributed by atoms with van der Waals surface area (Å²) >= 11 is 6.06. The maximum absolute atomic E-state index is 12.8. The van der Waals surface area contributed by atoms with Gasteiger partial charge in [0, 0.05) is 44.3 Å². The molecule has 2 heterocycles. The molecule has 1 saturated heterocycles. The lowest BCUT2D eigenvalue weighted by atomic mass is 9.89. The summed E-state index contributed by atoms with van der Waals surface area (Å²) in [7, 11) is 0. The van der Waals surface area contributed by atoms with Gasteiger partial charge in [-0.05, 0) is 29.8 Å². The van der Waals surface area contributed by atoms with Crippen LogP contribution in [0.15, 0.2) is 18.2 Å². The number of rotatable bonds is 2. The van der Waals surface area contributed by atoms with Gasteiger partial charge in [0.05, 0.1) is 5.92 Å². The van der Waals surface area contributed by atoms with Crippen molar-refractivity contribution in [3.8, 4) is 0 Å². The van der Waals surface area contributed by atoms with E-state index >= 15 is 0 Å². The number of fused-ring (bicyclic) bond motifs is 1. The highest BCUT2D eigenvalue weighted by Gasteiger charge is 2.31. The van der Waals surface area contributed by atoms with E-state index in [0.717, 1.165) is 62.0 Å². The number of hydrogen-bond acceptors (Lipinski definition) is 3. The van der Waals surface area contributed by atoms with Crippen molar-refractivity contribution in [2.75, 3.05) is 39.3 Å². The van der Waals surface area contributed by atoms with Crippen molar-refractivity contribution in [1.29, 1.82) is 0 Å². The fraction of sp³-hybridized carbons (Fsp3) is 0.562. The van der Waals surface area contributed by atoms with E-state index in [9.17, 15) is 4.79 Å². The first-order valence-corrected chi connectivity index (χ1v) is 8.07. The Balaban J connectivity index is 1.75. The Morgan fingerprint density at radius 3 is 2.81 bits per heavy atom. The van der Waals surface area contributed by atoms with Crippen molar-refractivity contribution in [1.82, 2.24) is 15.1 Å². The summed E-state index contributed by atoms with van der Waals surface area (Å²) in [6.07, 6.45) is 0. The number of halogens is 1. The number of hydrogen-bond donors (Lipinski definition) is 1. The third-order valence-corrected chi connectivity index (χ3v) is 4.81. The molecule has 0 spiro atoms. The Labute approximate surface area is 131 Å². The fourth-order valence-corrected chi connectivity index (χ4v) is 3.45. The van der Waals surface area contributed by atoms with Gasteiger partial charge in [0.25, 0.3) is 0 Å². The van der Waals surface area contributed by atoms with Crippen LogP contribution in [0.25, 0.3) is 0 Å². The summed E-state index contributed by atoms with van der Waals surface area (Å²) in [6, 6.07) is 5.88. The Hall–Kier alpha value is -1.10. The number of amides is 1. The first kappa shape index (κ1) is 14.8. The van der Waals surface area contributed by atoms with Crippen LogP contribution in [-0.4, -0.2) is 55.0 Å². The van der Waals surface area contributed by atoms with E-state index < -0.39 is 0 Å². The molecule has 114 valence electrons.